The molecule has 7 nitrogen and oxygen atoms in total. The van der Waals surface area contributed by atoms with Crippen molar-refractivity contribution in [3.8, 4) is 11.5 Å². The number of carbonyl (C=O) groups is 2. The minimum atomic E-state index is -0.0238. The van der Waals surface area contributed by atoms with Crippen molar-refractivity contribution in [3.05, 3.63) is 65.9 Å². The summed E-state index contributed by atoms with van der Waals surface area (Å²) in [7, 11) is 1.55. The molecule has 2 aromatic carbocycles. The van der Waals surface area contributed by atoms with Crippen LogP contribution in [0.2, 0.25) is 0 Å². The summed E-state index contributed by atoms with van der Waals surface area (Å²) in [6, 6.07) is 15.5. The van der Waals surface area contributed by atoms with E-state index >= 15 is 0 Å². The maximum Gasteiger partial charge on any atom is 0.222 e. The van der Waals surface area contributed by atoms with Crippen LogP contribution < -0.4 is 9.47 Å². The summed E-state index contributed by atoms with van der Waals surface area (Å²) in [6.07, 6.45) is 2.91. The molecule has 1 aliphatic heterocycles. The van der Waals surface area contributed by atoms with Crippen LogP contribution in [0.1, 0.15) is 35.7 Å². The Morgan fingerprint density at radius 2 is 1.79 bits per heavy atom. The number of fused-ring (bicyclic) bond motifs is 1. The Kier molecular flexibility index (Phi) is 7.75. The number of hydrogen-bond acceptors (Lipinski definition) is 6. The lowest BCUT2D eigenvalue weighted by molar-refractivity contribution is -0.133. The number of para-hydroxylation sites is 1. The maximum atomic E-state index is 12.7. The molecule has 1 aliphatic rings. The molecule has 3 aromatic rings. The van der Waals surface area contributed by atoms with Gasteiger partial charge in [-0.1, -0.05) is 24.3 Å². The Hall–Kier alpha value is -3.45. The Morgan fingerprint density at radius 3 is 2.56 bits per heavy atom. The topological polar surface area (TPSA) is 72.0 Å². The van der Waals surface area contributed by atoms with Crippen LogP contribution in [0.5, 0.6) is 11.5 Å². The lowest BCUT2D eigenvalue weighted by Crippen LogP contribution is -2.48. The maximum absolute atomic E-state index is 12.7. The smallest absolute Gasteiger partial charge is 0.222 e. The van der Waals surface area contributed by atoms with Crippen LogP contribution in [0.25, 0.3) is 10.9 Å². The zero-order chi connectivity index (χ0) is 23.9. The molecular weight excluding hydrogens is 430 g/mol. The van der Waals surface area contributed by atoms with Crippen molar-refractivity contribution in [1.82, 2.24) is 14.8 Å². The molecule has 0 aliphatic carbocycles. The summed E-state index contributed by atoms with van der Waals surface area (Å²) >= 11 is 0. The van der Waals surface area contributed by atoms with E-state index in [0.29, 0.717) is 36.5 Å². The minimum absolute atomic E-state index is 0.0238. The molecule has 0 atom stereocenters. The van der Waals surface area contributed by atoms with Crippen LogP contribution >= 0.6 is 0 Å². The van der Waals surface area contributed by atoms with Gasteiger partial charge in [0.25, 0.3) is 0 Å². The Labute approximate surface area is 200 Å². The highest BCUT2D eigenvalue weighted by molar-refractivity contribution is 5.94. The number of pyridine rings is 1. The number of carbonyl (C=O) groups excluding carboxylic acids is 2. The number of ketones is 1. The first-order chi connectivity index (χ1) is 16.5. The van der Waals surface area contributed by atoms with E-state index in [9.17, 15) is 9.59 Å². The molecule has 0 unspecified atom stereocenters. The monoisotopic (exact) mass is 461 g/mol. The molecule has 0 saturated carbocycles. The predicted molar refractivity (Wildman–Crippen MR) is 131 cm³/mol. The van der Waals surface area contributed by atoms with E-state index in [0.717, 1.165) is 43.6 Å². The lowest BCUT2D eigenvalue weighted by atomic mass is 10.1. The molecule has 2 heterocycles. The number of piperazine rings is 1. The van der Waals surface area contributed by atoms with Crippen LogP contribution in [-0.2, 0) is 11.3 Å². The number of Topliss-reactive ketones (excluding diaryl/α,β-unsaturated/α-hetero) is 1. The second-order valence-electron chi connectivity index (χ2n) is 8.52. The van der Waals surface area contributed by atoms with Gasteiger partial charge in [0, 0.05) is 56.3 Å². The second-order valence-corrected chi connectivity index (χ2v) is 8.52. The van der Waals surface area contributed by atoms with Crippen molar-refractivity contribution >= 4 is 22.6 Å². The number of hydrogen-bond donors (Lipinski definition) is 0. The summed E-state index contributed by atoms with van der Waals surface area (Å²) in [4.78, 5) is 33.1. The molecule has 0 radical (unpaired) electrons. The number of nitrogens with zero attached hydrogens (tertiary/aromatic N) is 3. The SMILES string of the molecule is COc1cc(C(C)=O)ccc1OCCCC(=O)N1CCN(Cc2cccc3cccnc23)CC1. The van der Waals surface area contributed by atoms with Gasteiger partial charge in [0.15, 0.2) is 17.3 Å². The van der Waals surface area contributed by atoms with E-state index in [4.69, 9.17) is 9.47 Å². The Morgan fingerprint density at radius 1 is 1.00 bits per heavy atom. The largest absolute Gasteiger partial charge is 0.493 e. The summed E-state index contributed by atoms with van der Waals surface area (Å²) in [5.41, 5.74) is 2.85. The summed E-state index contributed by atoms with van der Waals surface area (Å²) in [6.45, 7) is 5.94. The molecule has 0 N–H and O–H groups in total. The van der Waals surface area contributed by atoms with E-state index in [-0.39, 0.29) is 11.7 Å². The van der Waals surface area contributed by atoms with Gasteiger partial charge < -0.3 is 14.4 Å². The molecule has 4 rings (SSSR count). The fraction of sp³-hybridized carbons (Fsp3) is 0.370. The molecule has 34 heavy (non-hydrogen) atoms. The van der Waals surface area contributed by atoms with E-state index < -0.39 is 0 Å². The number of ether oxygens (including phenoxy) is 2. The van der Waals surface area contributed by atoms with Crippen molar-refractivity contribution in [2.75, 3.05) is 39.9 Å². The second kappa shape index (κ2) is 11.1. The first kappa shape index (κ1) is 23.7. The Balaban J connectivity index is 1.21. The van der Waals surface area contributed by atoms with Gasteiger partial charge >= 0.3 is 0 Å². The predicted octanol–water partition coefficient (Wildman–Crippen LogP) is 3.95. The molecule has 1 fully saturated rings. The van der Waals surface area contributed by atoms with E-state index in [1.165, 1.54) is 12.5 Å². The van der Waals surface area contributed by atoms with E-state index in [1.54, 1.807) is 25.3 Å². The van der Waals surface area contributed by atoms with Gasteiger partial charge in [0.1, 0.15) is 0 Å². The molecule has 0 spiro atoms. The van der Waals surface area contributed by atoms with Crippen LogP contribution in [0.3, 0.4) is 0 Å². The highest BCUT2D eigenvalue weighted by atomic mass is 16.5. The summed E-state index contributed by atoms with van der Waals surface area (Å²) in [5, 5.41) is 1.16. The third-order valence-corrected chi connectivity index (χ3v) is 6.20. The number of aromatic nitrogens is 1. The highest BCUT2D eigenvalue weighted by Crippen LogP contribution is 2.28. The first-order valence-electron chi connectivity index (χ1n) is 11.7. The highest BCUT2D eigenvalue weighted by Gasteiger charge is 2.21. The van der Waals surface area contributed by atoms with Gasteiger partial charge in [-0.25, -0.2) is 0 Å². The van der Waals surface area contributed by atoms with Crippen molar-refractivity contribution < 1.29 is 19.1 Å². The average molecular weight is 462 g/mol. The van der Waals surface area contributed by atoms with Crippen LogP contribution in [0, 0.1) is 0 Å². The fourth-order valence-corrected chi connectivity index (χ4v) is 4.26. The van der Waals surface area contributed by atoms with E-state index in [2.05, 4.69) is 34.1 Å². The minimum Gasteiger partial charge on any atom is -0.493 e. The zero-order valence-corrected chi connectivity index (χ0v) is 19.8. The Bertz CT molecular complexity index is 1150. The van der Waals surface area contributed by atoms with Crippen LogP contribution in [0.4, 0.5) is 0 Å². The number of methoxy groups -OCH3 is 1. The van der Waals surface area contributed by atoms with Gasteiger partial charge in [-0.15, -0.1) is 0 Å². The van der Waals surface area contributed by atoms with Crippen LogP contribution in [-0.4, -0.2) is 66.4 Å². The van der Waals surface area contributed by atoms with Gasteiger partial charge in [0.2, 0.25) is 5.91 Å². The van der Waals surface area contributed by atoms with Gasteiger partial charge in [-0.2, -0.15) is 0 Å². The third-order valence-electron chi connectivity index (χ3n) is 6.20. The molecule has 7 heteroatoms. The van der Waals surface area contributed by atoms with Gasteiger partial charge in [-0.05, 0) is 43.2 Å². The standard InChI is InChI=1S/C27H31N3O4/c1-20(31)22-10-11-24(25(18-22)33-2)34-17-5-9-26(32)30-15-13-29(14-16-30)19-23-7-3-6-21-8-4-12-28-27(21)23/h3-4,6-8,10-12,18H,5,9,13-17,19H2,1-2H3. The molecular formula is C27H31N3O4. The number of rotatable bonds is 9. The fourth-order valence-electron chi connectivity index (χ4n) is 4.26. The lowest BCUT2D eigenvalue weighted by Gasteiger charge is -2.35. The molecule has 1 saturated heterocycles. The van der Waals surface area contributed by atoms with Crippen molar-refractivity contribution in [2.45, 2.75) is 26.3 Å². The summed E-state index contributed by atoms with van der Waals surface area (Å²) in [5.74, 6) is 1.24. The average Bonchev–Trinajstić information content (AvgIpc) is 2.87. The summed E-state index contributed by atoms with van der Waals surface area (Å²) < 4.78 is 11.1. The molecule has 1 amide bonds. The van der Waals surface area contributed by atoms with Crippen molar-refractivity contribution in [3.63, 3.8) is 0 Å². The normalized spacial score (nSPS) is 14.2. The van der Waals surface area contributed by atoms with Crippen molar-refractivity contribution in [2.24, 2.45) is 0 Å². The van der Waals surface area contributed by atoms with Gasteiger partial charge in [-0.3, -0.25) is 19.5 Å². The number of benzene rings is 2. The van der Waals surface area contributed by atoms with Crippen molar-refractivity contribution in [1.29, 1.82) is 0 Å². The quantitative estimate of drug-likeness (QED) is 0.355. The third kappa shape index (κ3) is 5.72. The van der Waals surface area contributed by atoms with Crippen LogP contribution in [0.15, 0.2) is 54.7 Å². The van der Waals surface area contributed by atoms with E-state index in [1.807, 2.05) is 17.2 Å². The molecule has 178 valence electrons. The first-order valence-corrected chi connectivity index (χ1v) is 11.7. The molecule has 0 bridgehead atoms. The van der Waals surface area contributed by atoms with Gasteiger partial charge in [0.05, 0.1) is 19.2 Å². The zero-order valence-electron chi connectivity index (χ0n) is 19.8. The number of amides is 1. The molecule has 1 aromatic heterocycles.